The summed E-state index contributed by atoms with van der Waals surface area (Å²) in [6.45, 7) is 1.01. The number of fused-ring (bicyclic) bond motifs is 3. The average Bonchev–Trinajstić information content (AvgIpc) is 3.26. The predicted molar refractivity (Wildman–Crippen MR) is 109 cm³/mol. The Morgan fingerprint density at radius 1 is 1.21 bits per heavy atom. The van der Waals surface area contributed by atoms with Crippen molar-refractivity contribution in [2.24, 2.45) is 0 Å². The van der Waals surface area contributed by atoms with E-state index in [1.165, 1.54) is 0 Å². The van der Waals surface area contributed by atoms with Crippen molar-refractivity contribution in [3.63, 3.8) is 0 Å². The van der Waals surface area contributed by atoms with E-state index >= 15 is 0 Å². The topological polar surface area (TPSA) is 71.6 Å². The van der Waals surface area contributed by atoms with Crippen LogP contribution < -0.4 is 4.74 Å². The fourth-order valence-corrected chi connectivity index (χ4v) is 4.55. The molecule has 0 unspecified atom stereocenters. The minimum atomic E-state index is -0.689. The second-order valence-corrected chi connectivity index (χ2v) is 7.92. The highest BCUT2D eigenvalue weighted by atomic mass is 35.5. The maximum absolute atomic E-state index is 13.1. The lowest BCUT2D eigenvalue weighted by atomic mass is 9.83. The number of ether oxygens (including phenoxy) is 2. The van der Waals surface area contributed by atoms with Crippen LogP contribution in [0.25, 0.3) is 10.9 Å². The summed E-state index contributed by atoms with van der Waals surface area (Å²) >= 11 is 6.03. The van der Waals surface area contributed by atoms with Crippen LogP contribution in [0, 0.1) is 0 Å². The quantitative estimate of drug-likeness (QED) is 0.645. The number of H-pyrrole nitrogens is 1. The predicted octanol–water partition coefficient (Wildman–Crippen LogP) is 4.13. The Labute approximate surface area is 172 Å². The molecule has 0 bridgehead atoms. The normalized spacial score (nSPS) is 17.4. The van der Waals surface area contributed by atoms with Gasteiger partial charge in [0.25, 0.3) is 5.91 Å². The molecule has 6 nitrogen and oxygen atoms in total. The fraction of sp³-hybridized carbons (Fsp3) is 0.273. The zero-order valence-corrected chi connectivity index (χ0v) is 16.6. The highest BCUT2D eigenvalue weighted by molar-refractivity contribution is 6.31. The van der Waals surface area contributed by atoms with Crippen LogP contribution in [-0.2, 0) is 10.3 Å². The summed E-state index contributed by atoms with van der Waals surface area (Å²) in [7, 11) is 1.60. The molecule has 5 rings (SSSR count). The molecule has 2 aliphatic heterocycles. The number of halogens is 1. The molecule has 1 fully saturated rings. The number of nitrogens with one attached hydrogen (secondary N) is 1. The number of carbonyl (C=O) groups is 2. The Hall–Kier alpha value is -2.99. The number of nitrogens with zero attached hydrogens (tertiary/aromatic N) is 1. The summed E-state index contributed by atoms with van der Waals surface area (Å²) in [6, 6.07) is 10.8. The number of rotatable bonds is 2. The molecule has 3 heterocycles. The van der Waals surface area contributed by atoms with E-state index in [4.69, 9.17) is 21.1 Å². The SMILES string of the molecule is COc1ccc2c(c1)C1(CCN(C(=O)c3c[nH]c4cc(Cl)ccc34)CC1)OC2=O. The van der Waals surface area contributed by atoms with Crippen LogP contribution >= 0.6 is 11.6 Å². The van der Waals surface area contributed by atoms with Crippen LogP contribution in [0.2, 0.25) is 5.02 Å². The van der Waals surface area contributed by atoms with Gasteiger partial charge in [-0.3, -0.25) is 4.79 Å². The zero-order chi connectivity index (χ0) is 20.2. The first kappa shape index (κ1) is 18.1. The van der Waals surface area contributed by atoms with Crippen molar-refractivity contribution in [1.82, 2.24) is 9.88 Å². The van der Waals surface area contributed by atoms with Crippen LogP contribution in [0.5, 0.6) is 5.75 Å². The molecule has 7 heteroatoms. The number of hydrogen-bond acceptors (Lipinski definition) is 4. The molecule has 1 amide bonds. The molecular formula is C22H19ClN2O4. The number of carbonyl (C=O) groups excluding carboxylic acids is 2. The number of piperidine rings is 1. The van der Waals surface area contributed by atoms with Crippen LogP contribution in [0.3, 0.4) is 0 Å². The van der Waals surface area contributed by atoms with Crippen molar-refractivity contribution in [1.29, 1.82) is 0 Å². The molecule has 1 spiro atoms. The van der Waals surface area contributed by atoms with E-state index in [0.29, 0.717) is 47.8 Å². The minimum Gasteiger partial charge on any atom is -0.497 e. The first-order valence-electron chi connectivity index (χ1n) is 9.48. The maximum Gasteiger partial charge on any atom is 0.339 e. The largest absolute Gasteiger partial charge is 0.497 e. The van der Waals surface area contributed by atoms with Crippen molar-refractivity contribution in [3.8, 4) is 5.75 Å². The Balaban J connectivity index is 1.40. The smallest absolute Gasteiger partial charge is 0.339 e. The Morgan fingerprint density at radius 3 is 2.76 bits per heavy atom. The van der Waals surface area contributed by atoms with E-state index in [2.05, 4.69) is 4.98 Å². The third kappa shape index (κ3) is 2.78. The highest BCUT2D eigenvalue weighted by Gasteiger charge is 2.48. The molecule has 148 valence electrons. The number of hydrogen-bond donors (Lipinski definition) is 1. The van der Waals surface area contributed by atoms with E-state index in [-0.39, 0.29) is 11.9 Å². The Bertz CT molecular complexity index is 1140. The second kappa shape index (κ2) is 6.52. The molecule has 0 saturated carbocycles. The molecule has 1 aromatic heterocycles. The lowest BCUT2D eigenvalue weighted by Crippen LogP contribution is -2.45. The molecule has 1 N–H and O–H groups in total. The van der Waals surface area contributed by atoms with Gasteiger partial charge >= 0.3 is 5.97 Å². The van der Waals surface area contributed by atoms with Crippen LogP contribution in [0.15, 0.2) is 42.6 Å². The molecule has 1 saturated heterocycles. The Kier molecular flexibility index (Phi) is 4.06. The zero-order valence-electron chi connectivity index (χ0n) is 15.8. The van der Waals surface area contributed by atoms with E-state index in [0.717, 1.165) is 16.5 Å². The maximum atomic E-state index is 13.1. The van der Waals surface area contributed by atoms with Gasteiger partial charge in [-0.2, -0.15) is 0 Å². The third-order valence-corrected chi connectivity index (χ3v) is 6.19. The summed E-state index contributed by atoms with van der Waals surface area (Å²) in [5, 5.41) is 1.47. The van der Waals surface area contributed by atoms with Crippen LogP contribution in [0.4, 0.5) is 0 Å². The van der Waals surface area contributed by atoms with Gasteiger partial charge < -0.3 is 19.4 Å². The van der Waals surface area contributed by atoms with Gasteiger partial charge in [-0.25, -0.2) is 4.79 Å². The van der Waals surface area contributed by atoms with Gasteiger partial charge in [0.15, 0.2) is 0 Å². The van der Waals surface area contributed by atoms with Gasteiger partial charge in [0.05, 0.1) is 18.2 Å². The van der Waals surface area contributed by atoms with Gasteiger partial charge in [0.2, 0.25) is 0 Å². The average molecular weight is 411 g/mol. The first-order chi connectivity index (χ1) is 14.0. The van der Waals surface area contributed by atoms with Crippen molar-refractivity contribution < 1.29 is 19.1 Å². The number of aromatic nitrogens is 1. The fourth-order valence-electron chi connectivity index (χ4n) is 4.38. The van der Waals surface area contributed by atoms with E-state index in [9.17, 15) is 9.59 Å². The van der Waals surface area contributed by atoms with Crippen molar-refractivity contribution in [3.05, 3.63) is 64.3 Å². The molecule has 2 aromatic carbocycles. The standard InChI is InChI=1S/C22H19ClN2O4/c1-28-14-3-5-16-18(11-14)22(29-21(16)27)6-8-25(9-7-22)20(26)17-12-24-19-10-13(23)2-4-15(17)19/h2-5,10-12,24H,6-9H2,1H3. The van der Waals surface area contributed by atoms with Gasteiger partial charge in [0, 0.05) is 53.6 Å². The minimum absolute atomic E-state index is 0.0383. The van der Waals surface area contributed by atoms with E-state index in [1.54, 1.807) is 37.6 Å². The van der Waals surface area contributed by atoms with Gasteiger partial charge in [0.1, 0.15) is 11.4 Å². The highest BCUT2D eigenvalue weighted by Crippen LogP contribution is 2.45. The lowest BCUT2D eigenvalue weighted by Gasteiger charge is -2.38. The van der Waals surface area contributed by atoms with Crippen molar-refractivity contribution >= 4 is 34.4 Å². The van der Waals surface area contributed by atoms with Crippen LogP contribution in [-0.4, -0.2) is 42.0 Å². The second-order valence-electron chi connectivity index (χ2n) is 7.48. The summed E-state index contributed by atoms with van der Waals surface area (Å²) in [5.41, 5.74) is 2.21. The first-order valence-corrected chi connectivity index (χ1v) is 9.86. The molecular weight excluding hydrogens is 392 g/mol. The number of benzene rings is 2. The van der Waals surface area contributed by atoms with Gasteiger partial charge in [-0.05, 0) is 30.3 Å². The summed E-state index contributed by atoms with van der Waals surface area (Å²) in [5.74, 6) is 0.344. The van der Waals surface area contributed by atoms with Gasteiger partial charge in [-0.1, -0.05) is 17.7 Å². The molecule has 0 radical (unpaired) electrons. The number of esters is 1. The molecule has 0 atom stereocenters. The summed E-state index contributed by atoms with van der Waals surface area (Å²) in [6.07, 6.45) is 2.83. The summed E-state index contributed by atoms with van der Waals surface area (Å²) in [4.78, 5) is 30.4. The van der Waals surface area contributed by atoms with Crippen molar-refractivity contribution in [2.45, 2.75) is 18.4 Å². The number of aromatic amines is 1. The molecule has 3 aromatic rings. The molecule has 0 aliphatic carbocycles. The van der Waals surface area contributed by atoms with E-state index < -0.39 is 5.60 Å². The third-order valence-electron chi connectivity index (χ3n) is 5.96. The van der Waals surface area contributed by atoms with Crippen LogP contribution in [0.1, 0.15) is 39.1 Å². The lowest BCUT2D eigenvalue weighted by molar-refractivity contribution is -0.0390. The Morgan fingerprint density at radius 2 is 2.00 bits per heavy atom. The molecule has 29 heavy (non-hydrogen) atoms. The summed E-state index contributed by atoms with van der Waals surface area (Å²) < 4.78 is 11.1. The van der Waals surface area contributed by atoms with E-state index in [1.807, 2.05) is 17.0 Å². The number of likely N-dealkylation sites (tertiary alicyclic amines) is 1. The number of amides is 1. The van der Waals surface area contributed by atoms with Gasteiger partial charge in [-0.15, -0.1) is 0 Å². The van der Waals surface area contributed by atoms with Crippen molar-refractivity contribution in [2.75, 3.05) is 20.2 Å². The monoisotopic (exact) mass is 410 g/mol. The molecule has 2 aliphatic rings. The number of methoxy groups -OCH3 is 1.